The molecule has 0 bridgehead atoms. The van der Waals surface area contributed by atoms with E-state index in [0.29, 0.717) is 22.2 Å². The highest BCUT2D eigenvalue weighted by Gasteiger charge is 2.11. The van der Waals surface area contributed by atoms with E-state index in [1.54, 1.807) is 18.2 Å². The topological polar surface area (TPSA) is 77.3 Å². The second kappa shape index (κ2) is 6.50. The molecule has 0 unspecified atom stereocenters. The van der Waals surface area contributed by atoms with Gasteiger partial charge in [-0.3, -0.25) is 4.98 Å². The van der Waals surface area contributed by atoms with Gasteiger partial charge in [-0.2, -0.15) is 0 Å². The number of hydrogen-bond acceptors (Lipinski definition) is 2. The lowest BCUT2D eigenvalue weighted by atomic mass is 10.0. The van der Waals surface area contributed by atoms with Crippen molar-refractivity contribution in [2.24, 2.45) is 16.5 Å². The van der Waals surface area contributed by atoms with Crippen LogP contribution in [0.4, 0.5) is 4.39 Å². The first kappa shape index (κ1) is 15.7. The largest absolute Gasteiger partial charge is 0.370 e. The highest BCUT2D eigenvalue weighted by atomic mass is 19.1. The molecule has 1 aromatic heterocycles. The molecule has 4 nitrogen and oxygen atoms in total. The number of aliphatic imine (C=N–C) groups is 1. The Morgan fingerprint density at radius 1 is 1.08 bits per heavy atom. The summed E-state index contributed by atoms with van der Waals surface area (Å²) in [5.74, 6) is -0.385. The number of pyridine rings is 1. The Balaban J connectivity index is 2.26. The van der Waals surface area contributed by atoms with E-state index in [0.717, 1.165) is 11.1 Å². The maximum Gasteiger partial charge on any atom is 0.191 e. The molecule has 0 amide bonds. The fourth-order valence-electron chi connectivity index (χ4n) is 2.63. The van der Waals surface area contributed by atoms with Gasteiger partial charge in [0.25, 0.3) is 0 Å². The number of allylic oxidation sites excluding steroid dienone is 1. The Morgan fingerprint density at radius 2 is 1.83 bits per heavy atom. The summed E-state index contributed by atoms with van der Waals surface area (Å²) in [6.45, 7) is 1.84. The zero-order valence-corrected chi connectivity index (χ0v) is 13.2. The summed E-state index contributed by atoms with van der Waals surface area (Å²) in [6, 6.07) is 15.0. The SMILES string of the molecule is C/C=C(\N=C(N)N)c1ccc2c(F)cnc(-c3ccccc3)c2c1. The lowest BCUT2D eigenvalue weighted by Gasteiger charge is -2.10. The minimum atomic E-state index is -0.361. The van der Waals surface area contributed by atoms with Crippen molar-refractivity contribution in [1.82, 2.24) is 4.98 Å². The summed E-state index contributed by atoms with van der Waals surface area (Å²) in [5, 5.41) is 1.22. The van der Waals surface area contributed by atoms with Gasteiger partial charge < -0.3 is 11.5 Å². The Bertz CT molecular complexity index is 942. The fourth-order valence-corrected chi connectivity index (χ4v) is 2.63. The Hall–Kier alpha value is -3.21. The molecule has 0 spiro atoms. The molecular weight excluding hydrogens is 303 g/mol. The second-order valence-electron chi connectivity index (χ2n) is 5.29. The van der Waals surface area contributed by atoms with E-state index in [2.05, 4.69) is 9.98 Å². The zero-order valence-electron chi connectivity index (χ0n) is 13.2. The summed E-state index contributed by atoms with van der Waals surface area (Å²) in [4.78, 5) is 8.40. The van der Waals surface area contributed by atoms with Crippen LogP contribution in [0.25, 0.3) is 27.7 Å². The standard InChI is InChI=1S/C19H17FN4/c1-2-17(24-19(21)22)13-8-9-14-15(10-13)18(23-11-16(14)20)12-6-4-3-5-7-12/h2-11H,1H3,(H4,21,22,24)/b17-2-. The van der Waals surface area contributed by atoms with Gasteiger partial charge in [0, 0.05) is 21.9 Å². The number of fused-ring (bicyclic) bond motifs is 1. The average molecular weight is 320 g/mol. The van der Waals surface area contributed by atoms with Gasteiger partial charge in [-0.1, -0.05) is 48.5 Å². The molecule has 1 heterocycles. The summed E-state index contributed by atoms with van der Waals surface area (Å²) in [6.07, 6.45) is 3.05. The normalized spacial score (nSPS) is 11.5. The van der Waals surface area contributed by atoms with E-state index >= 15 is 0 Å². The lowest BCUT2D eigenvalue weighted by Crippen LogP contribution is -2.22. The van der Waals surface area contributed by atoms with E-state index in [1.807, 2.05) is 43.3 Å². The first-order valence-electron chi connectivity index (χ1n) is 7.50. The molecule has 4 N–H and O–H groups in total. The fraction of sp³-hybridized carbons (Fsp3) is 0.0526. The third kappa shape index (κ3) is 2.96. The third-order valence-electron chi connectivity index (χ3n) is 3.70. The predicted octanol–water partition coefficient (Wildman–Crippen LogP) is 3.68. The number of rotatable bonds is 3. The molecule has 3 rings (SSSR count). The monoisotopic (exact) mass is 320 g/mol. The molecule has 0 aliphatic heterocycles. The van der Waals surface area contributed by atoms with E-state index in [1.165, 1.54) is 6.20 Å². The van der Waals surface area contributed by atoms with Gasteiger partial charge in [0.05, 0.1) is 17.6 Å². The maximum absolute atomic E-state index is 14.2. The molecule has 0 radical (unpaired) electrons. The van der Waals surface area contributed by atoms with Gasteiger partial charge in [-0.15, -0.1) is 0 Å². The van der Waals surface area contributed by atoms with Gasteiger partial charge in [0.1, 0.15) is 5.82 Å². The van der Waals surface area contributed by atoms with Gasteiger partial charge in [0.2, 0.25) is 0 Å². The van der Waals surface area contributed by atoms with Crippen molar-refractivity contribution in [3.63, 3.8) is 0 Å². The second-order valence-corrected chi connectivity index (χ2v) is 5.29. The molecule has 0 fully saturated rings. The lowest BCUT2D eigenvalue weighted by molar-refractivity contribution is 0.634. The van der Waals surface area contributed by atoms with Crippen LogP contribution in [0.15, 0.2) is 65.8 Å². The van der Waals surface area contributed by atoms with Gasteiger partial charge in [-0.05, 0) is 13.0 Å². The number of guanidine groups is 1. The molecule has 0 saturated carbocycles. The Morgan fingerprint density at radius 3 is 2.50 bits per heavy atom. The summed E-state index contributed by atoms with van der Waals surface area (Å²) < 4.78 is 14.2. The van der Waals surface area contributed by atoms with Crippen LogP contribution >= 0.6 is 0 Å². The van der Waals surface area contributed by atoms with Crippen LogP contribution in [0, 0.1) is 5.82 Å². The van der Waals surface area contributed by atoms with E-state index in [4.69, 9.17) is 11.5 Å². The van der Waals surface area contributed by atoms with Crippen LogP contribution in [0.5, 0.6) is 0 Å². The molecule has 5 heteroatoms. The summed E-state index contributed by atoms with van der Waals surface area (Å²) in [7, 11) is 0. The highest BCUT2D eigenvalue weighted by molar-refractivity contribution is 5.97. The number of nitrogens with zero attached hydrogens (tertiary/aromatic N) is 2. The number of benzene rings is 2. The summed E-state index contributed by atoms with van der Waals surface area (Å²) >= 11 is 0. The van der Waals surface area contributed by atoms with Crippen molar-refractivity contribution in [2.75, 3.05) is 0 Å². The van der Waals surface area contributed by atoms with Gasteiger partial charge >= 0.3 is 0 Å². The molecule has 0 aliphatic carbocycles. The van der Waals surface area contributed by atoms with Crippen LogP contribution in [0.2, 0.25) is 0 Å². The molecule has 0 saturated heterocycles. The molecule has 24 heavy (non-hydrogen) atoms. The van der Waals surface area contributed by atoms with Crippen molar-refractivity contribution in [2.45, 2.75) is 6.92 Å². The molecular formula is C19H17FN4. The quantitative estimate of drug-likeness (QED) is 0.571. The van der Waals surface area contributed by atoms with Gasteiger partial charge in [0.15, 0.2) is 5.96 Å². The van der Waals surface area contributed by atoms with Crippen molar-refractivity contribution in [3.8, 4) is 11.3 Å². The number of halogens is 1. The van der Waals surface area contributed by atoms with Crippen LogP contribution in [-0.2, 0) is 0 Å². The van der Waals surface area contributed by atoms with E-state index < -0.39 is 0 Å². The van der Waals surface area contributed by atoms with Gasteiger partial charge in [-0.25, -0.2) is 9.38 Å². The van der Waals surface area contributed by atoms with Crippen LogP contribution in [0.3, 0.4) is 0 Å². The number of aromatic nitrogens is 1. The Labute approximate surface area is 139 Å². The molecule has 3 aromatic rings. The van der Waals surface area contributed by atoms with Crippen LogP contribution < -0.4 is 11.5 Å². The van der Waals surface area contributed by atoms with E-state index in [-0.39, 0.29) is 11.8 Å². The van der Waals surface area contributed by atoms with Crippen molar-refractivity contribution in [3.05, 3.63) is 72.2 Å². The third-order valence-corrected chi connectivity index (χ3v) is 3.70. The minimum Gasteiger partial charge on any atom is -0.370 e. The predicted molar refractivity (Wildman–Crippen MR) is 96.6 cm³/mol. The summed E-state index contributed by atoms with van der Waals surface area (Å²) in [5.41, 5.74) is 14.0. The maximum atomic E-state index is 14.2. The minimum absolute atomic E-state index is 0.0242. The molecule has 120 valence electrons. The molecule has 0 aliphatic rings. The highest BCUT2D eigenvalue weighted by Crippen LogP contribution is 2.30. The van der Waals surface area contributed by atoms with Crippen molar-refractivity contribution < 1.29 is 4.39 Å². The Kier molecular flexibility index (Phi) is 4.24. The molecule has 2 aromatic carbocycles. The van der Waals surface area contributed by atoms with Crippen LogP contribution in [-0.4, -0.2) is 10.9 Å². The first-order valence-corrected chi connectivity index (χ1v) is 7.50. The number of hydrogen-bond donors (Lipinski definition) is 2. The smallest absolute Gasteiger partial charge is 0.191 e. The molecule has 0 atom stereocenters. The van der Waals surface area contributed by atoms with E-state index in [9.17, 15) is 4.39 Å². The first-order chi connectivity index (χ1) is 11.6. The number of nitrogens with two attached hydrogens (primary N) is 2. The van der Waals surface area contributed by atoms with Crippen LogP contribution in [0.1, 0.15) is 12.5 Å². The van der Waals surface area contributed by atoms with Crippen molar-refractivity contribution in [1.29, 1.82) is 0 Å². The van der Waals surface area contributed by atoms with Crippen molar-refractivity contribution >= 4 is 22.4 Å². The zero-order chi connectivity index (χ0) is 17.1. The average Bonchev–Trinajstić information content (AvgIpc) is 2.60.